The molecule has 0 spiro atoms. The molecule has 1 aromatic heterocycles. The molecule has 0 atom stereocenters. The lowest BCUT2D eigenvalue weighted by Gasteiger charge is -2.09. The van der Waals surface area contributed by atoms with Crippen LogP contribution < -0.4 is 10.5 Å². The molecule has 0 aliphatic carbocycles. The van der Waals surface area contributed by atoms with Crippen LogP contribution >= 0.6 is 15.9 Å². The van der Waals surface area contributed by atoms with Crippen LogP contribution in [0.25, 0.3) is 0 Å². The van der Waals surface area contributed by atoms with Crippen molar-refractivity contribution in [3.8, 4) is 11.6 Å². The minimum absolute atomic E-state index is 0.132. The number of nitrogen functional groups attached to an aromatic ring is 1. The Morgan fingerprint density at radius 3 is 2.63 bits per heavy atom. The molecule has 0 saturated carbocycles. The average molecular weight is 326 g/mol. The number of nitrogens with two attached hydrogens (primary N) is 1. The highest BCUT2D eigenvalue weighted by Crippen LogP contribution is 2.26. The monoisotopic (exact) mass is 325 g/mol. The summed E-state index contributed by atoms with van der Waals surface area (Å²) in [7, 11) is 0. The van der Waals surface area contributed by atoms with Gasteiger partial charge in [-0.15, -0.1) is 0 Å². The van der Waals surface area contributed by atoms with Crippen molar-refractivity contribution >= 4 is 21.7 Å². The molecule has 2 N–H and O–H groups in total. The average Bonchev–Trinajstić information content (AvgIpc) is 2.33. The van der Waals surface area contributed by atoms with Crippen LogP contribution in [0, 0.1) is 5.82 Å². The maximum atomic E-state index is 13.4. The molecule has 1 aromatic carbocycles. The molecule has 0 radical (unpaired) electrons. The van der Waals surface area contributed by atoms with Gasteiger partial charge in [-0.1, -0.05) is 13.8 Å². The number of ether oxygens (including phenoxy) is 1. The van der Waals surface area contributed by atoms with Gasteiger partial charge in [0.1, 0.15) is 23.2 Å². The quantitative estimate of drug-likeness (QED) is 0.930. The molecule has 0 bridgehead atoms. The van der Waals surface area contributed by atoms with Crippen molar-refractivity contribution in [2.45, 2.75) is 19.8 Å². The van der Waals surface area contributed by atoms with Gasteiger partial charge in [0, 0.05) is 18.1 Å². The summed E-state index contributed by atoms with van der Waals surface area (Å²) in [4.78, 5) is 8.34. The molecule has 4 nitrogen and oxygen atoms in total. The number of nitrogens with zero attached hydrogens (tertiary/aromatic N) is 2. The fourth-order valence-electron chi connectivity index (χ4n) is 1.43. The van der Waals surface area contributed by atoms with Crippen molar-refractivity contribution in [1.29, 1.82) is 0 Å². The van der Waals surface area contributed by atoms with Crippen molar-refractivity contribution in [2.24, 2.45) is 0 Å². The lowest BCUT2D eigenvalue weighted by molar-refractivity contribution is 0.452. The van der Waals surface area contributed by atoms with Crippen molar-refractivity contribution in [3.63, 3.8) is 0 Å². The molecule has 1 heterocycles. The Morgan fingerprint density at radius 2 is 2.00 bits per heavy atom. The number of anilines is 1. The summed E-state index contributed by atoms with van der Waals surface area (Å²) in [6.07, 6.45) is 0. The highest BCUT2D eigenvalue weighted by molar-refractivity contribution is 9.10. The Morgan fingerprint density at radius 1 is 1.26 bits per heavy atom. The van der Waals surface area contributed by atoms with Gasteiger partial charge in [-0.05, 0) is 28.1 Å². The summed E-state index contributed by atoms with van der Waals surface area (Å²) in [5.41, 5.74) is 5.69. The molecular formula is C13H13BrFN3O. The van der Waals surface area contributed by atoms with E-state index in [-0.39, 0.29) is 5.92 Å². The normalized spacial score (nSPS) is 10.8. The first-order valence-electron chi connectivity index (χ1n) is 5.73. The van der Waals surface area contributed by atoms with Gasteiger partial charge in [0.2, 0.25) is 5.88 Å². The van der Waals surface area contributed by atoms with E-state index in [0.717, 1.165) is 0 Å². The Labute approximate surface area is 119 Å². The van der Waals surface area contributed by atoms with E-state index in [1.807, 2.05) is 13.8 Å². The number of hydrogen-bond acceptors (Lipinski definition) is 4. The molecule has 100 valence electrons. The van der Waals surface area contributed by atoms with E-state index in [0.29, 0.717) is 27.7 Å². The van der Waals surface area contributed by atoms with Gasteiger partial charge in [-0.2, -0.15) is 4.98 Å². The Balaban J connectivity index is 2.29. The molecule has 6 heteroatoms. The van der Waals surface area contributed by atoms with E-state index in [4.69, 9.17) is 10.5 Å². The summed E-state index contributed by atoms with van der Waals surface area (Å²) in [5, 5.41) is 0. The minimum atomic E-state index is -0.399. The SMILES string of the molecule is CC(C)c1nc(N)cc(Oc2ccc(Br)c(F)c2)n1. The Bertz CT molecular complexity index is 604. The summed E-state index contributed by atoms with van der Waals surface area (Å²) in [6, 6.07) is 5.99. The van der Waals surface area contributed by atoms with Crippen LogP contribution in [0.15, 0.2) is 28.7 Å². The lowest BCUT2D eigenvalue weighted by atomic mass is 10.2. The molecular weight excluding hydrogens is 313 g/mol. The number of benzene rings is 1. The number of rotatable bonds is 3. The Hall–Kier alpha value is -1.69. The van der Waals surface area contributed by atoms with Crippen LogP contribution in [0.3, 0.4) is 0 Å². The van der Waals surface area contributed by atoms with Gasteiger partial charge >= 0.3 is 0 Å². The maximum absolute atomic E-state index is 13.4. The van der Waals surface area contributed by atoms with Crippen molar-refractivity contribution in [2.75, 3.05) is 5.73 Å². The standard InChI is InChI=1S/C13H13BrFN3O/c1-7(2)13-17-11(16)6-12(18-13)19-8-3-4-9(14)10(15)5-8/h3-7H,1-2H3,(H2,16,17,18). The van der Waals surface area contributed by atoms with Gasteiger partial charge in [0.05, 0.1) is 4.47 Å². The highest BCUT2D eigenvalue weighted by Gasteiger charge is 2.09. The first-order chi connectivity index (χ1) is 8.95. The molecule has 0 saturated heterocycles. The van der Waals surface area contributed by atoms with E-state index in [1.165, 1.54) is 12.1 Å². The maximum Gasteiger partial charge on any atom is 0.224 e. The van der Waals surface area contributed by atoms with Gasteiger partial charge in [0.25, 0.3) is 0 Å². The predicted octanol–water partition coefficient (Wildman–Crippen LogP) is 3.88. The summed E-state index contributed by atoms with van der Waals surface area (Å²) >= 11 is 3.08. The van der Waals surface area contributed by atoms with Crippen LogP contribution in [-0.4, -0.2) is 9.97 Å². The molecule has 2 aromatic rings. The lowest BCUT2D eigenvalue weighted by Crippen LogP contribution is -2.03. The Kier molecular flexibility index (Phi) is 3.99. The molecule has 0 amide bonds. The first-order valence-corrected chi connectivity index (χ1v) is 6.52. The molecule has 19 heavy (non-hydrogen) atoms. The predicted molar refractivity (Wildman–Crippen MR) is 74.7 cm³/mol. The van der Waals surface area contributed by atoms with Crippen LogP contribution in [0.5, 0.6) is 11.6 Å². The van der Waals surface area contributed by atoms with Crippen LogP contribution in [0.2, 0.25) is 0 Å². The summed E-state index contributed by atoms with van der Waals surface area (Å²) in [5.74, 6) is 1.31. The fraction of sp³-hybridized carbons (Fsp3) is 0.231. The smallest absolute Gasteiger partial charge is 0.224 e. The number of halogens is 2. The zero-order valence-corrected chi connectivity index (χ0v) is 12.1. The molecule has 0 unspecified atom stereocenters. The number of hydrogen-bond donors (Lipinski definition) is 1. The van der Waals surface area contributed by atoms with Crippen molar-refractivity contribution in [3.05, 3.63) is 40.4 Å². The van der Waals surface area contributed by atoms with Crippen LogP contribution in [0.4, 0.5) is 10.2 Å². The fourth-order valence-corrected chi connectivity index (χ4v) is 1.68. The van der Waals surface area contributed by atoms with Gasteiger partial charge < -0.3 is 10.5 Å². The van der Waals surface area contributed by atoms with Crippen LogP contribution in [0.1, 0.15) is 25.6 Å². The van der Waals surface area contributed by atoms with E-state index in [1.54, 1.807) is 12.1 Å². The van der Waals surface area contributed by atoms with Crippen molar-refractivity contribution in [1.82, 2.24) is 9.97 Å². The molecule has 0 fully saturated rings. The third kappa shape index (κ3) is 3.41. The van der Waals surface area contributed by atoms with E-state index in [9.17, 15) is 4.39 Å². The zero-order valence-electron chi connectivity index (χ0n) is 10.5. The van der Waals surface area contributed by atoms with Gasteiger partial charge in [-0.3, -0.25) is 0 Å². The minimum Gasteiger partial charge on any atom is -0.439 e. The van der Waals surface area contributed by atoms with E-state index in [2.05, 4.69) is 25.9 Å². The molecule has 2 rings (SSSR count). The second-order valence-electron chi connectivity index (χ2n) is 4.32. The second-order valence-corrected chi connectivity index (χ2v) is 5.18. The summed E-state index contributed by atoms with van der Waals surface area (Å²) < 4.78 is 19.3. The van der Waals surface area contributed by atoms with Crippen molar-refractivity contribution < 1.29 is 9.13 Å². The summed E-state index contributed by atoms with van der Waals surface area (Å²) in [6.45, 7) is 3.91. The largest absolute Gasteiger partial charge is 0.439 e. The van der Waals surface area contributed by atoms with E-state index < -0.39 is 5.82 Å². The highest BCUT2D eigenvalue weighted by atomic mass is 79.9. The van der Waals surface area contributed by atoms with Crippen LogP contribution in [-0.2, 0) is 0 Å². The second kappa shape index (κ2) is 5.52. The third-order valence-corrected chi connectivity index (χ3v) is 3.01. The topological polar surface area (TPSA) is 61.0 Å². The molecule has 0 aliphatic rings. The van der Waals surface area contributed by atoms with E-state index >= 15 is 0 Å². The first kappa shape index (κ1) is 13.7. The van der Waals surface area contributed by atoms with Gasteiger partial charge in [0.15, 0.2) is 0 Å². The molecule has 0 aliphatic heterocycles. The third-order valence-electron chi connectivity index (χ3n) is 2.37. The van der Waals surface area contributed by atoms with Gasteiger partial charge in [-0.25, -0.2) is 9.37 Å². The number of aromatic nitrogens is 2. The zero-order chi connectivity index (χ0) is 14.0.